The molecule has 0 atom stereocenters. The third kappa shape index (κ3) is 5.60. The minimum atomic E-state index is 0.341. The maximum atomic E-state index is 5.52. The van der Waals surface area contributed by atoms with Gasteiger partial charge >= 0.3 is 0 Å². The lowest BCUT2D eigenvalue weighted by Crippen LogP contribution is -2.12. The molecule has 0 saturated carbocycles. The summed E-state index contributed by atoms with van der Waals surface area (Å²) in [5.74, 6) is 1.05. The van der Waals surface area contributed by atoms with Crippen LogP contribution >= 0.6 is 12.2 Å². The van der Waals surface area contributed by atoms with Crippen molar-refractivity contribution in [2.45, 2.75) is 13.8 Å². The molecule has 0 aliphatic carbocycles. The van der Waals surface area contributed by atoms with Crippen molar-refractivity contribution in [3.63, 3.8) is 0 Å². The van der Waals surface area contributed by atoms with Gasteiger partial charge in [-0.1, -0.05) is 26.1 Å². The first-order chi connectivity index (χ1) is 8.09. The van der Waals surface area contributed by atoms with Crippen LogP contribution in [-0.4, -0.2) is 29.8 Å². The summed E-state index contributed by atoms with van der Waals surface area (Å²) < 4.78 is 10.8. The molecule has 1 aromatic heterocycles. The van der Waals surface area contributed by atoms with Crippen molar-refractivity contribution in [1.82, 2.24) is 4.98 Å². The molecule has 0 bridgehead atoms. The molecule has 0 unspecified atom stereocenters. The van der Waals surface area contributed by atoms with E-state index in [1.165, 1.54) is 0 Å². The lowest BCUT2D eigenvalue weighted by Gasteiger charge is -2.08. The topological polar surface area (TPSA) is 57.4 Å². The van der Waals surface area contributed by atoms with E-state index < -0.39 is 0 Å². The molecule has 1 heterocycles. The number of hydrogen-bond donors (Lipinski definition) is 1. The summed E-state index contributed by atoms with van der Waals surface area (Å²) in [6.45, 7) is 5.98. The second kappa shape index (κ2) is 7.19. The van der Waals surface area contributed by atoms with Crippen LogP contribution in [0.3, 0.4) is 0 Å². The maximum absolute atomic E-state index is 5.52. The van der Waals surface area contributed by atoms with E-state index in [1.54, 1.807) is 18.3 Å². The van der Waals surface area contributed by atoms with Crippen LogP contribution in [0.2, 0.25) is 0 Å². The van der Waals surface area contributed by atoms with Gasteiger partial charge in [-0.3, -0.25) is 0 Å². The number of ether oxygens (including phenoxy) is 2. The Labute approximate surface area is 107 Å². The predicted octanol–water partition coefficient (Wildman–Crippen LogP) is 1.77. The van der Waals surface area contributed by atoms with Crippen LogP contribution in [0.5, 0.6) is 5.88 Å². The third-order valence-electron chi connectivity index (χ3n) is 1.95. The molecule has 0 spiro atoms. The number of aromatic nitrogens is 1. The molecule has 4 nitrogen and oxygen atoms in total. The molecule has 2 N–H and O–H groups in total. The van der Waals surface area contributed by atoms with Crippen LogP contribution in [0.4, 0.5) is 0 Å². The van der Waals surface area contributed by atoms with Crippen LogP contribution in [-0.2, 0) is 4.74 Å². The van der Waals surface area contributed by atoms with E-state index in [2.05, 4.69) is 18.8 Å². The van der Waals surface area contributed by atoms with Gasteiger partial charge in [-0.25, -0.2) is 4.98 Å². The average molecular weight is 254 g/mol. The van der Waals surface area contributed by atoms with Crippen molar-refractivity contribution in [3.05, 3.63) is 23.9 Å². The minimum Gasteiger partial charge on any atom is -0.475 e. The summed E-state index contributed by atoms with van der Waals surface area (Å²) in [4.78, 5) is 4.40. The monoisotopic (exact) mass is 254 g/mol. The third-order valence-corrected chi connectivity index (χ3v) is 2.18. The second-order valence-corrected chi connectivity index (χ2v) is 4.50. The first-order valence-corrected chi connectivity index (χ1v) is 5.97. The minimum absolute atomic E-state index is 0.341. The van der Waals surface area contributed by atoms with E-state index in [0.717, 1.165) is 12.2 Å². The SMILES string of the molecule is CC(C)COCCOc1cc(C(N)=S)ccn1. The molecule has 1 rings (SSSR count). The van der Waals surface area contributed by atoms with E-state index in [9.17, 15) is 0 Å². The van der Waals surface area contributed by atoms with Crippen LogP contribution in [0, 0.1) is 5.92 Å². The molecule has 0 aliphatic heterocycles. The molecule has 94 valence electrons. The quantitative estimate of drug-likeness (QED) is 0.593. The van der Waals surface area contributed by atoms with Crippen molar-refractivity contribution in [1.29, 1.82) is 0 Å². The van der Waals surface area contributed by atoms with Crippen molar-refractivity contribution >= 4 is 17.2 Å². The van der Waals surface area contributed by atoms with Gasteiger partial charge in [0.1, 0.15) is 11.6 Å². The fraction of sp³-hybridized carbons (Fsp3) is 0.500. The zero-order valence-electron chi connectivity index (χ0n) is 10.2. The van der Waals surface area contributed by atoms with E-state index in [0.29, 0.717) is 30.0 Å². The Kier molecular flexibility index (Phi) is 5.86. The number of nitrogens with zero attached hydrogens (tertiary/aromatic N) is 1. The van der Waals surface area contributed by atoms with Gasteiger partial charge in [-0.15, -0.1) is 0 Å². The highest BCUT2D eigenvalue weighted by atomic mass is 32.1. The average Bonchev–Trinajstić information content (AvgIpc) is 2.28. The summed E-state index contributed by atoms with van der Waals surface area (Å²) in [7, 11) is 0. The normalized spacial score (nSPS) is 10.5. The van der Waals surface area contributed by atoms with Gasteiger partial charge in [-0.05, 0) is 12.0 Å². The first kappa shape index (κ1) is 13.9. The van der Waals surface area contributed by atoms with Crippen molar-refractivity contribution in [2.75, 3.05) is 19.8 Å². The number of thiocarbonyl (C=S) groups is 1. The molecule has 0 radical (unpaired) electrons. The van der Waals surface area contributed by atoms with E-state index in [1.807, 2.05) is 0 Å². The Bertz CT molecular complexity index is 369. The Hall–Kier alpha value is -1.20. The number of nitrogens with two attached hydrogens (primary N) is 1. The summed E-state index contributed by atoms with van der Waals surface area (Å²) in [5.41, 5.74) is 6.27. The Morgan fingerprint density at radius 3 is 2.88 bits per heavy atom. The molecule has 0 aromatic carbocycles. The lowest BCUT2D eigenvalue weighted by atomic mass is 10.2. The zero-order chi connectivity index (χ0) is 12.7. The molecule has 0 fully saturated rings. The van der Waals surface area contributed by atoms with Crippen molar-refractivity contribution in [3.8, 4) is 5.88 Å². The fourth-order valence-corrected chi connectivity index (χ4v) is 1.29. The van der Waals surface area contributed by atoms with Gasteiger partial charge in [0.05, 0.1) is 6.61 Å². The molecular formula is C12H18N2O2S. The highest BCUT2D eigenvalue weighted by Crippen LogP contribution is 2.09. The van der Waals surface area contributed by atoms with Gasteiger partial charge in [0.25, 0.3) is 0 Å². The molecule has 0 amide bonds. The zero-order valence-corrected chi connectivity index (χ0v) is 11.0. The van der Waals surface area contributed by atoms with E-state index in [4.69, 9.17) is 27.4 Å². The van der Waals surface area contributed by atoms with Crippen LogP contribution < -0.4 is 10.5 Å². The van der Waals surface area contributed by atoms with Gasteiger partial charge in [0, 0.05) is 24.4 Å². The highest BCUT2D eigenvalue weighted by molar-refractivity contribution is 7.80. The lowest BCUT2D eigenvalue weighted by molar-refractivity contribution is 0.0806. The maximum Gasteiger partial charge on any atom is 0.213 e. The summed E-state index contributed by atoms with van der Waals surface area (Å²) in [6, 6.07) is 3.48. The molecule has 0 saturated heterocycles. The summed E-state index contributed by atoms with van der Waals surface area (Å²) in [5, 5.41) is 0. The first-order valence-electron chi connectivity index (χ1n) is 5.56. The summed E-state index contributed by atoms with van der Waals surface area (Å²) in [6.07, 6.45) is 1.62. The van der Waals surface area contributed by atoms with Crippen molar-refractivity contribution in [2.24, 2.45) is 11.7 Å². The molecule has 17 heavy (non-hydrogen) atoms. The molecule has 0 aliphatic rings. The molecule has 1 aromatic rings. The fourth-order valence-electron chi connectivity index (χ4n) is 1.17. The van der Waals surface area contributed by atoms with Crippen LogP contribution in [0.15, 0.2) is 18.3 Å². The van der Waals surface area contributed by atoms with Crippen LogP contribution in [0.25, 0.3) is 0 Å². The van der Waals surface area contributed by atoms with Crippen molar-refractivity contribution < 1.29 is 9.47 Å². The highest BCUT2D eigenvalue weighted by Gasteiger charge is 2.00. The Balaban J connectivity index is 2.31. The Morgan fingerprint density at radius 2 is 2.24 bits per heavy atom. The second-order valence-electron chi connectivity index (χ2n) is 4.06. The van der Waals surface area contributed by atoms with Gasteiger partial charge in [-0.2, -0.15) is 0 Å². The van der Waals surface area contributed by atoms with E-state index in [-0.39, 0.29) is 0 Å². The van der Waals surface area contributed by atoms with Gasteiger partial charge < -0.3 is 15.2 Å². The van der Waals surface area contributed by atoms with Gasteiger partial charge in [0.15, 0.2) is 0 Å². The number of hydrogen-bond acceptors (Lipinski definition) is 4. The largest absolute Gasteiger partial charge is 0.475 e. The number of rotatable bonds is 7. The number of pyridine rings is 1. The molecule has 5 heteroatoms. The predicted molar refractivity (Wildman–Crippen MR) is 71.3 cm³/mol. The van der Waals surface area contributed by atoms with Crippen LogP contribution in [0.1, 0.15) is 19.4 Å². The molecular weight excluding hydrogens is 236 g/mol. The standard InChI is InChI=1S/C12H18N2O2S/c1-9(2)8-15-5-6-16-11-7-10(12(13)17)3-4-14-11/h3-4,7,9H,5-6,8H2,1-2H3,(H2,13,17). The van der Waals surface area contributed by atoms with Gasteiger partial charge in [0.2, 0.25) is 5.88 Å². The van der Waals surface area contributed by atoms with E-state index >= 15 is 0 Å². The Morgan fingerprint density at radius 1 is 1.47 bits per heavy atom. The smallest absolute Gasteiger partial charge is 0.213 e. The summed E-state index contributed by atoms with van der Waals surface area (Å²) >= 11 is 4.87.